The van der Waals surface area contributed by atoms with Gasteiger partial charge in [0.1, 0.15) is 0 Å². The second kappa shape index (κ2) is 4.43. The average Bonchev–Trinajstić information content (AvgIpc) is 2.63. The van der Waals surface area contributed by atoms with E-state index in [-0.39, 0.29) is 34.9 Å². The fourth-order valence-corrected chi connectivity index (χ4v) is 1.17. The molecule has 3 nitrogen and oxygen atoms in total. The van der Waals surface area contributed by atoms with Gasteiger partial charge in [-0.15, -0.1) is 0 Å². The number of carbonyl (C=O) groups excluding carboxylic acids is 2. The largest absolute Gasteiger partial charge is 0.450 e. The van der Waals surface area contributed by atoms with Gasteiger partial charge in [-0.2, -0.15) is 0 Å². The van der Waals surface area contributed by atoms with Crippen molar-refractivity contribution in [2.24, 2.45) is 11.8 Å². The highest BCUT2D eigenvalue weighted by Crippen LogP contribution is 2.15. The Morgan fingerprint density at radius 3 is 1.53 bits per heavy atom. The normalized spacial score (nSPS) is 11.1. The fraction of sp³-hybridized carbons (Fsp3) is 0.500. The number of rotatable bonds is 4. The summed E-state index contributed by atoms with van der Waals surface area (Å²) in [5.41, 5.74) is 0. The predicted octanol–water partition coefficient (Wildman–Crippen LogP) is 2.96. The molecule has 1 aromatic rings. The van der Waals surface area contributed by atoms with Crippen LogP contribution in [0.5, 0.6) is 0 Å². The quantitative estimate of drug-likeness (QED) is 0.714. The molecule has 1 aromatic heterocycles. The van der Waals surface area contributed by atoms with Gasteiger partial charge in [-0.1, -0.05) is 27.7 Å². The summed E-state index contributed by atoms with van der Waals surface area (Å²) in [5.74, 6) is 0.176. The molecule has 0 saturated carbocycles. The van der Waals surface area contributed by atoms with E-state index < -0.39 is 0 Å². The molecule has 0 fully saturated rings. The van der Waals surface area contributed by atoms with Gasteiger partial charge in [0.2, 0.25) is 11.6 Å². The summed E-state index contributed by atoms with van der Waals surface area (Å²) in [7, 11) is 0. The predicted molar refractivity (Wildman–Crippen MR) is 57.0 cm³/mol. The molecule has 82 valence electrons. The van der Waals surface area contributed by atoms with Gasteiger partial charge >= 0.3 is 0 Å². The van der Waals surface area contributed by atoms with E-state index in [0.717, 1.165) is 0 Å². The van der Waals surface area contributed by atoms with Crippen LogP contribution in [0, 0.1) is 11.8 Å². The molecule has 3 heteroatoms. The lowest BCUT2D eigenvalue weighted by molar-refractivity contribution is 0.0885. The van der Waals surface area contributed by atoms with E-state index in [4.69, 9.17) is 4.42 Å². The van der Waals surface area contributed by atoms with E-state index in [1.165, 1.54) is 0 Å². The highest BCUT2D eigenvalue weighted by atomic mass is 16.4. The van der Waals surface area contributed by atoms with Crippen molar-refractivity contribution in [3.05, 3.63) is 23.7 Å². The van der Waals surface area contributed by atoms with Gasteiger partial charge in [0.25, 0.3) is 0 Å². The van der Waals surface area contributed by atoms with Crippen molar-refractivity contribution in [2.75, 3.05) is 0 Å². The minimum absolute atomic E-state index is 0.0715. The van der Waals surface area contributed by atoms with Gasteiger partial charge in [0.15, 0.2) is 11.5 Å². The van der Waals surface area contributed by atoms with E-state index >= 15 is 0 Å². The van der Waals surface area contributed by atoms with Crippen LogP contribution in [0.25, 0.3) is 0 Å². The van der Waals surface area contributed by atoms with Crippen molar-refractivity contribution in [3.8, 4) is 0 Å². The molecule has 0 aromatic carbocycles. The summed E-state index contributed by atoms with van der Waals surface area (Å²) in [6, 6.07) is 3.13. The van der Waals surface area contributed by atoms with Crippen molar-refractivity contribution < 1.29 is 14.0 Å². The zero-order valence-corrected chi connectivity index (χ0v) is 9.53. The van der Waals surface area contributed by atoms with Crippen LogP contribution < -0.4 is 0 Å². The number of ketones is 2. The molecule has 1 rings (SSSR count). The van der Waals surface area contributed by atoms with Crippen LogP contribution in [0.15, 0.2) is 16.5 Å². The highest BCUT2D eigenvalue weighted by Gasteiger charge is 2.19. The Morgan fingerprint density at radius 2 is 1.27 bits per heavy atom. The first-order valence-corrected chi connectivity index (χ1v) is 5.11. The van der Waals surface area contributed by atoms with Crippen LogP contribution >= 0.6 is 0 Å². The summed E-state index contributed by atoms with van der Waals surface area (Å²) in [6.45, 7) is 7.20. The van der Waals surface area contributed by atoms with Crippen molar-refractivity contribution in [1.29, 1.82) is 0 Å². The lowest BCUT2D eigenvalue weighted by Crippen LogP contribution is -2.07. The highest BCUT2D eigenvalue weighted by molar-refractivity contribution is 5.98. The Morgan fingerprint density at radius 1 is 0.933 bits per heavy atom. The molecule has 0 atom stereocenters. The third-order valence-corrected chi connectivity index (χ3v) is 2.14. The van der Waals surface area contributed by atoms with E-state index in [1.54, 1.807) is 39.8 Å². The molecule has 0 saturated heterocycles. The average molecular weight is 208 g/mol. The van der Waals surface area contributed by atoms with Gasteiger partial charge in [0, 0.05) is 11.8 Å². The van der Waals surface area contributed by atoms with Gasteiger partial charge in [-0.05, 0) is 12.1 Å². The van der Waals surface area contributed by atoms with Crippen molar-refractivity contribution >= 4 is 11.6 Å². The van der Waals surface area contributed by atoms with Gasteiger partial charge in [0.05, 0.1) is 0 Å². The first-order valence-electron chi connectivity index (χ1n) is 5.11. The third kappa shape index (κ3) is 2.55. The molecule has 0 aliphatic carbocycles. The molecule has 0 amide bonds. The number of hydrogen-bond acceptors (Lipinski definition) is 3. The topological polar surface area (TPSA) is 47.3 Å². The lowest BCUT2D eigenvalue weighted by Gasteiger charge is -2.01. The fourth-order valence-electron chi connectivity index (χ4n) is 1.17. The zero-order chi connectivity index (χ0) is 11.6. The molecule has 15 heavy (non-hydrogen) atoms. The Labute approximate surface area is 89.5 Å². The maximum Gasteiger partial charge on any atom is 0.200 e. The van der Waals surface area contributed by atoms with Crippen LogP contribution in [0.3, 0.4) is 0 Å². The molecule has 0 aliphatic rings. The van der Waals surface area contributed by atoms with Crippen LogP contribution in [-0.4, -0.2) is 11.6 Å². The van der Waals surface area contributed by atoms with Crippen molar-refractivity contribution in [1.82, 2.24) is 0 Å². The molecular weight excluding hydrogens is 192 g/mol. The molecule has 0 N–H and O–H groups in total. The van der Waals surface area contributed by atoms with Gasteiger partial charge in [-0.25, -0.2) is 0 Å². The SMILES string of the molecule is CC(C)C(=O)c1ccc(C(=O)C(C)C)o1. The second-order valence-corrected chi connectivity index (χ2v) is 4.20. The molecule has 0 spiro atoms. The molecule has 1 heterocycles. The number of hydrogen-bond donors (Lipinski definition) is 0. The van der Waals surface area contributed by atoms with Gasteiger partial charge in [-0.3, -0.25) is 9.59 Å². The molecule has 0 bridgehead atoms. The molecular formula is C12H16O3. The maximum atomic E-state index is 11.5. The Bertz CT molecular complexity index is 337. The monoisotopic (exact) mass is 208 g/mol. The smallest absolute Gasteiger partial charge is 0.200 e. The maximum absolute atomic E-state index is 11.5. The van der Waals surface area contributed by atoms with Crippen LogP contribution in [0.4, 0.5) is 0 Å². The molecule has 0 radical (unpaired) electrons. The Balaban J connectivity index is 2.90. The van der Waals surface area contributed by atoms with Crippen molar-refractivity contribution in [2.45, 2.75) is 27.7 Å². The van der Waals surface area contributed by atoms with Crippen LogP contribution in [0.1, 0.15) is 48.8 Å². The summed E-state index contributed by atoms with van der Waals surface area (Å²) in [6.07, 6.45) is 0. The van der Waals surface area contributed by atoms with Crippen LogP contribution in [-0.2, 0) is 0 Å². The number of carbonyl (C=O) groups is 2. The molecule has 0 aliphatic heterocycles. The summed E-state index contributed by atoms with van der Waals surface area (Å²) < 4.78 is 5.23. The zero-order valence-electron chi connectivity index (χ0n) is 9.53. The lowest BCUT2D eigenvalue weighted by atomic mass is 10.1. The standard InChI is InChI=1S/C12H16O3/c1-7(2)11(13)9-5-6-10(15-9)12(14)8(3)4/h5-8H,1-4H3. The van der Waals surface area contributed by atoms with Crippen LogP contribution in [0.2, 0.25) is 0 Å². The van der Waals surface area contributed by atoms with Crippen molar-refractivity contribution in [3.63, 3.8) is 0 Å². The van der Waals surface area contributed by atoms with E-state index in [2.05, 4.69) is 0 Å². The summed E-state index contributed by atoms with van der Waals surface area (Å²) in [4.78, 5) is 23.1. The summed E-state index contributed by atoms with van der Waals surface area (Å²) in [5, 5.41) is 0. The van der Waals surface area contributed by atoms with E-state index in [0.29, 0.717) is 0 Å². The minimum atomic E-state index is -0.113. The second-order valence-electron chi connectivity index (χ2n) is 4.20. The van der Waals surface area contributed by atoms with E-state index in [9.17, 15) is 9.59 Å². The Kier molecular flexibility index (Phi) is 3.45. The number of Topliss-reactive ketones (excluding diaryl/α,β-unsaturated/α-hetero) is 2. The van der Waals surface area contributed by atoms with Gasteiger partial charge < -0.3 is 4.42 Å². The Hall–Kier alpha value is -1.38. The van der Waals surface area contributed by atoms with E-state index in [1.807, 2.05) is 0 Å². The first-order chi connectivity index (χ1) is 6.93. The number of furan rings is 1. The third-order valence-electron chi connectivity index (χ3n) is 2.14. The first kappa shape index (κ1) is 11.7. The molecule has 0 unspecified atom stereocenters. The summed E-state index contributed by atoms with van der Waals surface area (Å²) >= 11 is 0. The minimum Gasteiger partial charge on any atom is -0.450 e.